The highest BCUT2D eigenvalue weighted by molar-refractivity contribution is 7.91. The molecule has 1 saturated heterocycles. The highest BCUT2D eigenvalue weighted by atomic mass is 32.2. The number of anilines is 1. The van der Waals surface area contributed by atoms with Crippen molar-refractivity contribution in [3.8, 4) is 0 Å². The van der Waals surface area contributed by atoms with Crippen LogP contribution in [0.2, 0.25) is 0 Å². The van der Waals surface area contributed by atoms with Crippen LogP contribution in [0, 0.1) is 5.41 Å². The number of hydrogen-bond donors (Lipinski definition) is 1. The Morgan fingerprint density at radius 2 is 2.05 bits per heavy atom. The van der Waals surface area contributed by atoms with Crippen molar-refractivity contribution in [3.63, 3.8) is 0 Å². The number of nitrogens with one attached hydrogen (secondary N) is 1. The molecule has 1 aromatic rings. The number of nitrogens with zero attached hydrogens (tertiary/aromatic N) is 1. The third-order valence-electron chi connectivity index (χ3n) is 3.91. The summed E-state index contributed by atoms with van der Waals surface area (Å²) in [6, 6.07) is 6.00. The quantitative estimate of drug-likeness (QED) is 0.903. The van der Waals surface area contributed by atoms with E-state index in [2.05, 4.69) is 12.2 Å². The maximum atomic E-state index is 12.8. The van der Waals surface area contributed by atoms with Crippen LogP contribution in [-0.4, -0.2) is 40.9 Å². The van der Waals surface area contributed by atoms with Crippen molar-refractivity contribution < 1.29 is 17.2 Å². The van der Waals surface area contributed by atoms with Gasteiger partial charge in [0.25, 0.3) is 0 Å². The maximum Gasteiger partial charge on any atom is 0.341 e. The molecule has 1 aliphatic heterocycles. The molecule has 0 aliphatic carbocycles. The summed E-state index contributed by atoms with van der Waals surface area (Å²) in [5.41, 5.74) is 0.383. The minimum absolute atomic E-state index is 0.0104. The summed E-state index contributed by atoms with van der Waals surface area (Å²) in [6.45, 7) is 4.21. The van der Waals surface area contributed by atoms with E-state index in [1.54, 1.807) is 12.1 Å². The second kappa shape index (κ2) is 5.88. The first-order valence-electron chi connectivity index (χ1n) is 6.81. The molecule has 118 valence electrons. The third kappa shape index (κ3) is 3.18. The highest BCUT2D eigenvalue weighted by Crippen LogP contribution is 2.36. The van der Waals surface area contributed by atoms with E-state index >= 15 is 0 Å². The Kier molecular flexibility index (Phi) is 4.53. The number of sulfone groups is 1. The SMILES string of the molecule is CNCC1(C)CCN(c2ccccc2S(=O)(=O)C(F)F)C1. The van der Waals surface area contributed by atoms with E-state index in [-0.39, 0.29) is 10.3 Å². The van der Waals surface area contributed by atoms with Gasteiger partial charge >= 0.3 is 5.76 Å². The van der Waals surface area contributed by atoms with Gasteiger partial charge in [-0.2, -0.15) is 8.78 Å². The lowest BCUT2D eigenvalue weighted by atomic mass is 9.90. The number of rotatable bonds is 5. The smallest absolute Gasteiger partial charge is 0.341 e. The molecule has 0 radical (unpaired) electrons. The normalized spacial score (nSPS) is 23.0. The van der Waals surface area contributed by atoms with Crippen LogP contribution in [0.3, 0.4) is 0 Å². The maximum absolute atomic E-state index is 12.8. The van der Waals surface area contributed by atoms with Crippen molar-refractivity contribution in [3.05, 3.63) is 24.3 Å². The Morgan fingerprint density at radius 1 is 1.38 bits per heavy atom. The van der Waals surface area contributed by atoms with Gasteiger partial charge in [0.1, 0.15) is 0 Å². The lowest BCUT2D eigenvalue weighted by Crippen LogP contribution is -2.33. The Bertz CT molecular complexity index is 607. The fourth-order valence-electron chi connectivity index (χ4n) is 2.86. The minimum Gasteiger partial charge on any atom is -0.370 e. The Balaban J connectivity index is 2.35. The molecule has 2 rings (SSSR count). The van der Waals surface area contributed by atoms with Crippen molar-refractivity contribution in [2.75, 3.05) is 31.6 Å². The number of para-hydroxylation sites is 1. The van der Waals surface area contributed by atoms with Crippen LogP contribution >= 0.6 is 0 Å². The van der Waals surface area contributed by atoms with E-state index in [9.17, 15) is 17.2 Å². The van der Waals surface area contributed by atoms with Crippen molar-refractivity contribution in [1.29, 1.82) is 0 Å². The predicted molar refractivity (Wildman–Crippen MR) is 78.5 cm³/mol. The summed E-state index contributed by atoms with van der Waals surface area (Å²) >= 11 is 0. The zero-order valence-corrected chi connectivity index (χ0v) is 13.0. The monoisotopic (exact) mass is 318 g/mol. The summed E-state index contributed by atoms with van der Waals surface area (Å²) in [5.74, 6) is -3.40. The number of halogens is 2. The van der Waals surface area contributed by atoms with Crippen LogP contribution in [0.4, 0.5) is 14.5 Å². The number of hydrogen-bond acceptors (Lipinski definition) is 4. The molecule has 7 heteroatoms. The van der Waals surface area contributed by atoms with Gasteiger partial charge in [-0.25, -0.2) is 8.42 Å². The van der Waals surface area contributed by atoms with E-state index in [1.807, 2.05) is 11.9 Å². The average Bonchev–Trinajstić information content (AvgIpc) is 2.81. The van der Waals surface area contributed by atoms with Crippen molar-refractivity contribution >= 4 is 15.5 Å². The third-order valence-corrected chi connectivity index (χ3v) is 5.34. The molecule has 1 unspecified atom stereocenters. The van der Waals surface area contributed by atoms with E-state index < -0.39 is 15.6 Å². The molecule has 0 saturated carbocycles. The molecule has 0 amide bonds. The molecule has 4 nitrogen and oxygen atoms in total. The average molecular weight is 318 g/mol. The molecule has 0 aromatic heterocycles. The topological polar surface area (TPSA) is 49.4 Å². The molecule has 1 fully saturated rings. The van der Waals surface area contributed by atoms with Gasteiger partial charge in [-0.1, -0.05) is 19.1 Å². The van der Waals surface area contributed by atoms with Gasteiger partial charge in [0, 0.05) is 19.6 Å². The standard InChI is InChI=1S/C14H20F2N2O2S/c1-14(9-17-2)7-8-18(10-14)11-5-3-4-6-12(11)21(19,20)13(15)16/h3-6,13,17H,7-10H2,1-2H3. The van der Waals surface area contributed by atoms with E-state index in [1.165, 1.54) is 12.1 Å². The first-order valence-corrected chi connectivity index (χ1v) is 8.35. The summed E-state index contributed by atoms with van der Waals surface area (Å²) in [4.78, 5) is 1.60. The van der Waals surface area contributed by atoms with Crippen molar-refractivity contribution in [2.24, 2.45) is 5.41 Å². The molecule has 21 heavy (non-hydrogen) atoms. The van der Waals surface area contributed by atoms with Gasteiger partial charge in [0.05, 0.1) is 10.6 Å². The number of benzene rings is 1. The Hall–Kier alpha value is -1.21. The Morgan fingerprint density at radius 3 is 2.67 bits per heavy atom. The zero-order valence-electron chi connectivity index (χ0n) is 12.1. The fourth-order valence-corrected chi connectivity index (χ4v) is 3.80. The largest absolute Gasteiger partial charge is 0.370 e. The number of alkyl halides is 2. The van der Waals surface area contributed by atoms with Gasteiger partial charge in [-0.3, -0.25) is 0 Å². The molecule has 1 heterocycles. The van der Waals surface area contributed by atoms with Gasteiger partial charge < -0.3 is 10.2 Å². The predicted octanol–water partition coefficient (Wildman–Crippen LogP) is 2.12. The molecule has 0 spiro atoms. The summed E-state index contributed by atoms with van der Waals surface area (Å²) in [5, 5.41) is 3.12. The second-order valence-electron chi connectivity index (χ2n) is 5.79. The molecule has 1 atom stereocenters. The lowest BCUT2D eigenvalue weighted by molar-refractivity contribution is 0.235. The second-order valence-corrected chi connectivity index (χ2v) is 7.67. The summed E-state index contributed by atoms with van der Waals surface area (Å²) in [7, 11) is -2.72. The minimum atomic E-state index is -4.59. The molecular formula is C14H20F2N2O2S. The van der Waals surface area contributed by atoms with Gasteiger partial charge in [0.2, 0.25) is 9.84 Å². The lowest BCUT2D eigenvalue weighted by Gasteiger charge is -2.26. The van der Waals surface area contributed by atoms with Crippen LogP contribution in [0.25, 0.3) is 0 Å². The van der Waals surface area contributed by atoms with E-state index in [0.717, 1.165) is 13.0 Å². The Labute approximate surface area is 124 Å². The van der Waals surface area contributed by atoms with Gasteiger partial charge in [-0.15, -0.1) is 0 Å². The first kappa shape index (κ1) is 16.2. The van der Waals surface area contributed by atoms with Gasteiger partial charge in [0.15, 0.2) is 0 Å². The van der Waals surface area contributed by atoms with Gasteiger partial charge in [-0.05, 0) is 31.0 Å². The van der Waals surface area contributed by atoms with Crippen LogP contribution < -0.4 is 10.2 Å². The van der Waals surface area contributed by atoms with E-state index in [4.69, 9.17) is 0 Å². The molecule has 1 N–H and O–H groups in total. The van der Waals surface area contributed by atoms with Crippen LogP contribution in [0.5, 0.6) is 0 Å². The zero-order chi connectivity index (χ0) is 15.7. The van der Waals surface area contributed by atoms with E-state index in [0.29, 0.717) is 18.8 Å². The fraction of sp³-hybridized carbons (Fsp3) is 0.571. The molecule has 1 aromatic carbocycles. The molecule has 1 aliphatic rings. The van der Waals surface area contributed by atoms with Crippen molar-refractivity contribution in [1.82, 2.24) is 5.32 Å². The highest BCUT2D eigenvalue weighted by Gasteiger charge is 2.36. The van der Waals surface area contributed by atoms with Crippen molar-refractivity contribution in [2.45, 2.75) is 24.0 Å². The molecular weight excluding hydrogens is 298 g/mol. The van der Waals surface area contributed by atoms with Crippen LogP contribution in [0.15, 0.2) is 29.2 Å². The summed E-state index contributed by atoms with van der Waals surface area (Å²) < 4.78 is 49.3. The van der Waals surface area contributed by atoms with Crippen LogP contribution in [0.1, 0.15) is 13.3 Å². The molecule has 0 bridgehead atoms. The summed E-state index contributed by atoms with van der Waals surface area (Å²) in [6.07, 6.45) is 0.886. The van der Waals surface area contributed by atoms with Crippen LogP contribution in [-0.2, 0) is 9.84 Å². The first-order chi connectivity index (χ1) is 9.80.